The minimum absolute atomic E-state index is 0.785. The molecule has 0 saturated carbocycles. The standard InChI is InChI=1S/C21H30O2/c1-4-6-8-15-22-20-12-10-11-19-18(20)14-13-17(3)21(19)23-16-9-7-5-2/h10-14H,4-9,15-16H2,1-3H3. The summed E-state index contributed by atoms with van der Waals surface area (Å²) in [6.07, 6.45) is 7.09. The van der Waals surface area contributed by atoms with Crippen molar-refractivity contribution in [1.29, 1.82) is 0 Å². The Kier molecular flexibility index (Phi) is 7.25. The molecule has 0 bridgehead atoms. The van der Waals surface area contributed by atoms with Crippen molar-refractivity contribution in [2.24, 2.45) is 0 Å². The molecule has 2 aromatic rings. The Morgan fingerprint density at radius 3 is 2.13 bits per heavy atom. The minimum atomic E-state index is 0.785. The van der Waals surface area contributed by atoms with Gasteiger partial charge < -0.3 is 9.47 Å². The van der Waals surface area contributed by atoms with Gasteiger partial charge in [0, 0.05) is 10.8 Å². The van der Waals surface area contributed by atoms with Crippen molar-refractivity contribution in [3.8, 4) is 11.5 Å². The average Bonchev–Trinajstić information content (AvgIpc) is 2.57. The molecule has 0 unspecified atom stereocenters. The second-order valence-corrected chi connectivity index (χ2v) is 6.17. The summed E-state index contributed by atoms with van der Waals surface area (Å²) >= 11 is 0. The van der Waals surface area contributed by atoms with Crippen LogP contribution in [-0.2, 0) is 0 Å². The van der Waals surface area contributed by atoms with E-state index in [-0.39, 0.29) is 0 Å². The minimum Gasteiger partial charge on any atom is -0.493 e. The van der Waals surface area contributed by atoms with E-state index >= 15 is 0 Å². The van der Waals surface area contributed by atoms with Crippen molar-refractivity contribution in [3.63, 3.8) is 0 Å². The molecule has 0 radical (unpaired) electrons. The monoisotopic (exact) mass is 314 g/mol. The number of hydrogen-bond donors (Lipinski definition) is 0. The lowest BCUT2D eigenvalue weighted by molar-refractivity contribution is 0.305. The highest BCUT2D eigenvalue weighted by atomic mass is 16.5. The Labute approximate surface area is 140 Å². The van der Waals surface area contributed by atoms with Crippen molar-refractivity contribution in [2.75, 3.05) is 13.2 Å². The maximum Gasteiger partial charge on any atom is 0.130 e. The van der Waals surface area contributed by atoms with Crippen molar-refractivity contribution >= 4 is 10.8 Å². The molecular weight excluding hydrogens is 284 g/mol. The highest BCUT2D eigenvalue weighted by Crippen LogP contribution is 2.35. The molecular formula is C21H30O2. The van der Waals surface area contributed by atoms with Crippen LogP contribution in [0.3, 0.4) is 0 Å². The first-order chi connectivity index (χ1) is 11.3. The highest BCUT2D eigenvalue weighted by molar-refractivity contribution is 5.94. The zero-order chi connectivity index (χ0) is 16.5. The van der Waals surface area contributed by atoms with Crippen LogP contribution < -0.4 is 9.47 Å². The van der Waals surface area contributed by atoms with E-state index in [1.807, 2.05) is 0 Å². The third-order valence-electron chi connectivity index (χ3n) is 4.17. The lowest BCUT2D eigenvalue weighted by Gasteiger charge is -2.15. The highest BCUT2D eigenvalue weighted by Gasteiger charge is 2.10. The average molecular weight is 314 g/mol. The molecule has 0 atom stereocenters. The van der Waals surface area contributed by atoms with Gasteiger partial charge >= 0.3 is 0 Å². The molecule has 0 heterocycles. The van der Waals surface area contributed by atoms with E-state index in [1.54, 1.807) is 0 Å². The van der Waals surface area contributed by atoms with E-state index in [0.29, 0.717) is 0 Å². The predicted molar refractivity (Wildman–Crippen MR) is 98.7 cm³/mol. The Balaban J connectivity index is 2.17. The van der Waals surface area contributed by atoms with Gasteiger partial charge in [-0.2, -0.15) is 0 Å². The molecule has 2 nitrogen and oxygen atoms in total. The topological polar surface area (TPSA) is 18.5 Å². The van der Waals surface area contributed by atoms with Gasteiger partial charge in [0.05, 0.1) is 13.2 Å². The molecule has 2 rings (SSSR count). The smallest absolute Gasteiger partial charge is 0.130 e. The Bertz CT molecular complexity index is 604. The van der Waals surface area contributed by atoms with Crippen LogP contribution in [0.25, 0.3) is 10.8 Å². The summed E-state index contributed by atoms with van der Waals surface area (Å²) in [6, 6.07) is 10.5. The maximum absolute atomic E-state index is 6.09. The Morgan fingerprint density at radius 1 is 0.739 bits per heavy atom. The quantitative estimate of drug-likeness (QED) is 0.480. The molecule has 0 N–H and O–H groups in total. The first kappa shape index (κ1) is 17.7. The normalized spacial score (nSPS) is 10.9. The second-order valence-electron chi connectivity index (χ2n) is 6.17. The van der Waals surface area contributed by atoms with E-state index in [0.717, 1.165) is 48.3 Å². The molecule has 0 aliphatic carbocycles. The van der Waals surface area contributed by atoms with Crippen LogP contribution in [0.2, 0.25) is 0 Å². The predicted octanol–water partition coefficient (Wildman–Crippen LogP) is 6.29. The summed E-state index contributed by atoms with van der Waals surface area (Å²) in [6.45, 7) is 8.11. The van der Waals surface area contributed by atoms with E-state index in [9.17, 15) is 0 Å². The van der Waals surface area contributed by atoms with Crippen LogP contribution in [0.4, 0.5) is 0 Å². The molecule has 23 heavy (non-hydrogen) atoms. The van der Waals surface area contributed by atoms with Crippen LogP contribution in [-0.4, -0.2) is 13.2 Å². The number of benzene rings is 2. The molecule has 0 spiro atoms. The van der Waals surface area contributed by atoms with Crippen LogP contribution in [0.5, 0.6) is 11.5 Å². The third kappa shape index (κ3) is 4.89. The molecule has 2 heteroatoms. The van der Waals surface area contributed by atoms with Crippen LogP contribution in [0.15, 0.2) is 30.3 Å². The van der Waals surface area contributed by atoms with Gasteiger partial charge in [-0.1, -0.05) is 63.8 Å². The van der Waals surface area contributed by atoms with Crippen molar-refractivity contribution < 1.29 is 9.47 Å². The molecule has 0 amide bonds. The van der Waals surface area contributed by atoms with Gasteiger partial charge in [-0.15, -0.1) is 0 Å². The molecule has 126 valence electrons. The van der Waals surface area contributed by atoms with Crippen molar-refractivity contribution in [3.05, 3.63) is 35.9 Å². The summed E-state index contributed by atoms with van der Waals surface area (Å²) in [5, 5.41) is 2.31. The fourth-order valence-corrected chi connectivity index (χ4v) is 2.79. The van der Waals surface area contributed by atoms with E-state index in [1.165, 1.54) is 31.2 Å². The van der Waals surface area contributed by atoms with Crippen LogP contribution in [0, 0.1) is 6.92 Å². The van der Waals surface area contributed by atoms with E-state index in [2.05, 4.69) is 51.1 Å². The molecule has 0 aliphatic rings. The van der Waals surface area contributed by atoms with Gasteiger partial charge in [-0.05, 0) is 31.4 Å². The Hall–Kier alpha value is -1.70. The second kappa shape index (κ2) is 9.44. The van der Waals surface area contributed by atoms with Gasteiger partial charge in [0.1, 0.15) is 11.5 Å². The molecule has 0 aromatic heterocycles. The number of aryl methyl sites for hydroxylation is 1. The maximum atomic E-state index is 6.09. The summed E-state index contributed by atoms with van der Waals surface area (Å²) in [4.78, 5) is 0. The number of fused-ring (bicyclic) bond motifs is 1. The lowest BCUT2D eigenvalue weighted by Crippen LogP contribution is -2.01. The van der Waals surface area contributed by atoms with Gasteiger partial charge in [0.25, 0.3) is 0 Å². The number of ether oxygens (including phenoxy) is 2. The lowest BCUT2D eigenvalue weighted by atomic mass is 10.1. The zero-order valence-corrected chi connectivity index (χ0v) is 14.9. The van der Waals surface area contributed by atoms with E-state index in [4.69, 9.17) is 9.47 Å². The molecule has 0 fully saturated rings. The van der Waals surface area contributed by atoms with Gasteiger partial charge in [0.15, 0.2) is 0 Å². The summed E-state index contributed by atoms with van der Waals surface area (Å²) in [5.41, 5.74) is 1.19. The number of hydrogen-bond acceptors (Lipinski definition) is 2. The van der Waals surface area contributed by atoms with Crippen molar-refractivity contribution in [2.45, 2.75) is 59.3 Å². The van der Waals surface area contributed by atoms with Gasteiger partial charge in [0.2, 0.25) is 0 Å². The first-order valence-electron chi connectivity index (χ1n) is 9.05. The fraction of sp³-hybridized carbons (Fsp3) is 0.524. The van der Waals surface area contributed by atoms with E-state index < -0.39 is 0 Å². The Morgan fingerprint density at radius 2 is 1.43 bits per heavy atom. The summed E-state index contributed by atoms with van der Waals surface area (Å²) < 4.78 is 12.1. The molecule has 0 aliphatic heterocycles. The summed E-state index contributed by atoms with van der Waals surface area (Å²) in [7, 11) is 0. The fourth-order valence-electron chi connectivity index (χ4n) is 2.79. The van der Waals surface area contributed by atoms with Crippen LogP contribution in [0.1, 0.15) is 57.9 Å². The largest absolute Gasteiger partial charge is 0.493 e. The van der Waals surface area contributed by atoms with Gasteiger partial charge in [-0.25, -0.2) is 0 Å². The number of unbranched alkanes of at least 4 members (excludes halogenated alkanes) is 4. The van der Waals surface area contributed by atoms with Crippen LogP contribution >= 0.6 is 0 Å². The molecule has 0 saturated heterocycles. The number of rotatable bonds is 10. The van der Waals surface area contributed by atoms with Gasteiger partial charge in [-0.3, -0.25) is 0 Å². The first-order valence-corrected chi connectivity index (χ1v) is 9.05. The molecule has 2 aromatic carbocycles. The SMILES string of the molecule is CCCCCOc1cccc2c(OCCCCC)c(C)ccc12. The zero-order valence-electron chi connectivity index (χ0n) is 14.9. The third-order valence-corrected chi connectivity index (χ3v) is 4.17. The van der Waals surface area contributed by atoms with Crippen molar-refractivity contribution in [1.82, 2.24) is 0 Å². The summed E-state index contributed by atoms with van der Waals surface area (Å²) in [5.74, 6) is 1.98.